The summed E-state index contributed by atoms with van der Waals surface area (Å²) in [5.41, 5.74) is 2.10. The van der Waals surface area contributed by atoms with Crippen molar-refractivity contribution in [3.63, 3.8) is 0 Å². The maximum atomic E-state index is 13.1. The quantitative estimate of drug-likeness (QED) is 0.617. The highest BCUT2D eigenvalue weighted by molar-refractivity contribution is 6.05. The van der Waals surface area contributed by atoms with Crippen LogP contribution in [0.25, 0.3) is 22.3 Å². The topological polar surface area (TPSA) is 50.5 Å². The summed E-state index contributed by atoms with van der Waals surface area (Å²) < 4.78 is 6.16. The summed E-state index contributed by atoms with van der Waals surface area (Å²) in [6, 6.07) is 14.7. The van der Waals surface area contributed by atoms with E-state index >= 15 is 0 Å². The average Bonchev–Trinajstić information content (AvgIpc) is 2.71. The molecule has 1 aromatic heterocycles. The van der Waals surface area contributed by atoms with Gasteiger partial charge in [-0.15, -0.1) is 0 Å². The first-order valence-electron chi connectivity index (χ1n) is 9.49. The van der Waals surface area contributed by atoms with E-state index in [4.69, 9.17) is 4.42 Å². The van der Waals surface area contributed by atoms with E-state index in [-0.39, 0.29) is 11.3 Å². The summed E-state index contributed by atoms with van der Waals surface area (Å²) in [5, 5.41) is 0.449. The first-order valence-corrected chi connectivity index (χ1v) is 9.49. The molecule has 1 heterocycles. The first-order chi connectivity index (χ1) is 13.1. The van der Waals surface area contributed by atoms with Gasteiger partial charge in [-0.25, -0.2) is 0 Å². The van der Waals surface area contributed by atoms with Gasteiger partial charge in [-0.05, 0) is 32.4 Å². The van der Waals surface area contributed by atoms with Gasteiger partial charge in [0.15, 0.2) is 11.0 Å². The van der Waals surface area contributed by atoms with Gasteiger partial charge in [-0.1, -0.05) is 49.7 Å². The largest absolute Gasteiger partial charge is 0.455 e. The fourth-order valence-electron chi connectivity index (χ4n) is 3.27. The number of fused-ring (bicyclic) bond motifs is 1. The molecule has 0 radical (unpaired) electrons. The van der Waals surface area contributed by atoms with Crippen LogP contribution in [0.4, 0.5) is 0 Å². The van der Waals surface area contributed by atoms with Crippen LogP contribution in [-0.2, 0) is 0 Å². The van der Waals surface area contributed by atoms with Gasteiger partial charge in [0.1, 0.15) is 5.76 Å². The Balaban J connectivity index is 2.19. The molecule has 0 N–H and O–H groups in total. The minimum absolute atomic E-state index is 0.0948. The number of unbranched alkanes of at least 4 members (excludes halogenated alkanes) is 1. The lowest BCUT2D eigenvalue weighted by molar-refractivity contribution is 0.0763. The van der Waals surface area contributed by atoms with Gasteiger partial charge in [0, 0.05) is 24.2 Å². The van der Waals surface area contributed by atoms with Gasteiger partial charge in [-0.3, -0.25) is 9.59 Å². The Labute approximate surface area is 159 Å². The van der Waals surface area contributed by atoms with Gasteiger partial charge in [0.2, 0.25) is 0 Å². The van der Waals surface area contributed by atoms with Crippen molar-refractivity contribution in [1.29, 1.82) is 0 Å². The molecular formula is C23H25NO3. The second-order valence-electron chi connectivity index (χ2n) is 6.67. The summed E-state index contributed by atoms with van der Waals surface area (Å²) in [4.78, 5) is 27.8. The molecule has 27 heavy (non-hydrogen) atoms. The molecule has 4 heteroatoms. The van der Waals surface area contributed by atoms with Crippen LogP contribution in [-0.4, -0.2) is 23.9 Å². The molecule has 0 aliphatic heterocycles. The number of rotatable bonds is 6. The van der Waals surface area contributed by atoms with Crippen LogP contribution in [0, 0.1) is 6.92 Å². The normalized spacial score (nSPS) is 10.9. The van der Waals surface area contributed by atoms with E-state index in [2.05, 4.69) is 6.92 Å². The summed E-state index contributed by atoms with van der Waals surface area (Å²) >= 11 is 0. The second-order valence-corrected chi connectivity index (χ2v) is 6.67. The van der Waals surface area contributed by atoms with Gasteiger partial charge in [0.05, 0.1) is 10.9 Å². The van der Waals surface area contributed by atoms with E-state index in [0.717, 1.165) is 18.4 Å². The van der Waals surface area contributed by atoms with E-state index in [1.165, 1.54) is 0 Å². The SMILES string of the molecule is CCCCN(CC)C(=O)c1cccc2c(=O)c(C)c(-c3ccccc3)oc12. The number of para-hydroxylation sites is 1. The highest BCUT2D eigenvalue weighted by Gasteiger charge is 2.21. The predicted molar refractivity (Wildman–Crippen MR) is 109 cm³/mol. The van der Waals surface area contributed by atoms with Crippen molar-refractivity contribution in [2.45, 2.75) is 33.6 Å². The van der Waals surface area contributed by atoms with Crippen LogP contribution in [0.2, 0.25) is 0 Å². The van der Waals surface area contributed by atoms with Crippen molar-refractivity contribution in [2.24, 2.45) is 0 Å². The molecule has 4 nitrogen and oxygen atoms in total. The molecular weight excluding hydrogens is 338 g/mol. The van der Waals surface area contributed by atoms with Gasteiger partial charge >= 0.3 is 0 Å². The van der Waals surface area contributed by atoms with E-state index in [0.29, 0.717) is 40.9 Å². The lowest BCUT2D eigenvalue weighted by atomic mass is 10.0. The molecule has 0 spiro atoms. The Morgan fingerprint density at radius 1 is 1.04 bits per heavy atom. The number of hydrogen-bond donors (Lipinski definition) is 0. The highest BCUT2D eigenvalue weighted by atomic mass is 16.3. The maximum Gasteiger partial charge on any atom is 0.257 e. The monoisotopic (exact) mass is 363 g/mol. The first kappa shape index (κ1) is 18.9. The van der Waals surface area contributed by atoms with E-state index in [1.807, 2.05) is 37.3 Å². The molecule has 0 aliphatic rings. The minimum atomic E-state index is -0.0960. The van der Waals surface area contributed by atoms with Crippen LogP contribution >= 0.6 is 0 Å². The van der Waals surface area contributed by atoms with Crippen LogP contribution in [0.3, 0.4) is 0 Å². The zero-order valence-corrected chi connectivity index (χ0v) is 16.1. The predicted octanol–water partition coefficient (Wildman–Crippen LogP) is 5.03. The molecule has 0 saturated carbocycles. The minimum Gasteiger partial charge on any atom is -0.455 e. The molecule has 0 aliphatic carbocycles. The Hall–Kier alpha value is -2.88. The highest BCUT2D eigenvalue weighted by Crippen LogP contribution is 2.27. The van der Waals surface area contributed by atoms with E-state index < -0.39 is 0 Å². The number of carbonyl (C=O) groups excluding carboxylic acids is 1. The molecule has 0 fully saturated rings. The number of nitrogens with zero attached hydrogens (tertiary/aromatic N) is 1. The van der Waals surface area contributed by atoms with Crippen molar-refractivity contribution in [3.8, 4) is 11.3 Å². The molecule has 3 rings (SSSR count). The van der Waals surface area contributed by atoms with Crippen molar-refractivity contribution in [1.82, 2.24) is 4.90 Å². The maximum absolute atomic E-state index is 13.1. The van der Waals surface area contributed by atoms with Crippen LogP contribution in [0.15, 0.2) is 57.7 Å². The molecule has 2 aromatic carbocycles. The Morgan fingerprint density at radius 2 is 1.78 bits per heavy atom. The van der Waals surface area contributed by atoms with Gasteiger partial charge in [-0.2, -0.15) is 0 Å². The molecule has 0 unspecified atom stereocenters. The van der Waals surface area contributed by atoms with E-state index in [1.54, 1.807) is 30.0 Å². The third-order valence-corrected chi connectivity index (χ3v) is 4.86. The summed E-state index contributed by atoms with van der Waals surface area (Å²) in [6.45, 7) is 7.15. The summed E-state index contributed by atoms with van der Waals surface area (Å²) in [7, 11) is 0. The van der Waals surface area contributed by atoms with Crippen molar-refractivity contribution in [2.75, 3.05) is 13.1 Å². The lowest BCUT2D eigenvalue weighted by Gasteiger charge is -2.21. The number of amides is 1. The number of carbonyl (C=O) groups is 1. The van der Waals surface area contributed by atoms with Crippen molar-refractivity contribution < 1.29 is 9.21 Å². The van der Waals surface area contributed by atoms with E-state index in [9.17, 15) is 9.59 Å². The van der Waals surface area contributed by atoms with Gasteiger partial charge < -0.3 is 9.32 Å². The zero-order valence-electron chi connectivity index (χ0n) is 16.1. The smallest absolute Gasteiger partial charge is 0.257 e. The summed E-state index contributed by atoms with van der Waals surface area (Å²) in [6.07, 6.45) is 1.97. The fourth-order valence-corrected chi connectivity index (χ4v) is 3.27. The molecule has 1 amide bonds. The number of hydrogen-bond acceptors (Lipinski definition) is 3. The second kappa shape index (κ2) is 8.21. The van der Waals surface area contributed by atoms with Crippen LogP contribution < -0.4 is 5.43 Å². The average molecular weight is 363 g/mol. The van der Waals surface area contributed by atoms with Crippen LogP contribution in [0.5, 0.6) is 0 Å². The number of benzene rings is 2. The molecule has 0 atom stereocenters. The standard InChI is InChI=1S/C23H25NO3/c1-4-6-15-24(5-2)23(26)19-14-10-13-18-20(25)16(3)21(27-22(18)19)17-11-8-7-9-12-17/h7-14H,4-6,15H2,1-3H3. The lowest BCUT2D eigenvalue weighted by Crippen LogP contribution is -2.32. The van der Waals surface area contributed by atoms with Crippen LogP contribution in [0.1, 0.15) is 42.6 Å². The zero-order chi connectivity index (χ0) is 19.4. The van der Waals surface area contributed by atoms with Gasteiger partial charge in [0.25, 0.3) is 5.91 Å². The molecule has 0 saturated heterocycles. The fraction of sp³-hybridized carbons (Fsp3) is 0.304. The molecule has 140 valence electrons. The molecule has 3 aromatic rings. The third-order valence-electron chi connectivity index (χ3n) is 4.86. The Morgan fingerprint density at radius 3 is 2.44 bits per heavy atom. The molecule has 0 bridgehead atoms. The summed E-state index contributed by atoms with van der Waals surface area (Å²) in [5.74, 6) is 0.424. The third kappa shape index (κ3) is 3.65. The Kier molecular flexibility index (Phi) is 5.75. The Bertz CT molecular complexity index is 1010. The van der Waals surface area contributed by atoms with Crippen molar-refractivity contribution >= 4 is 16.9 Å². The van der Waals surface area contributed by atoms with Crippen molar-refractivity contribution in [3.05, 3.63) is 69.9 Å².